The number of rotatable bonds is 6. The summed E-state index contributed by atoms with van der Waals surface area (Å²) in [6, 6.07) is 6.92. The molecule has 2 fully saturated rings. The predicted molar refractivity (Wildman–Crippen MR) is 109 cm³/mol. The van der Waals surface area contributed by atoms with Crippen molar-refractivity contribution in [2.45, 2.75) is 90.3 Å². The van der Waals surface area contributed by atoms with Crippen LogP contribution in [-0.4, -0.2) is 24.1 Å². The largest absolute Gasteiger partial charge is 0.458 e. The van der Waals surface area contributed by atoms with Crippen molar-refractivity contribution in [2.24, 2.45) is 11.8 Å². The van der Waals surface area contributed by atoms with E-state index in [0.29, 0.717) is 23.0 Å². The fourth-order valence-electron chi connectivity index (χ4n) is 4.83. The summed E-state index contributed by atoms with van der Waals surface area (Å²) >= 11 is 0. The molecule has 2 aliphatic rings. The minimum atomic E-state index is -0.395. The molecular formula is C24H34O4. The molecule has 28 heavy (non-hydrogen) atoms. The molecular weight excluding hydrogens is 352 g/mol. The van der Waals surface area contributed by atoms with Crippen LogP contribution in [0.2, 0.25) is 0 Å². The Balaban J connectivity index is 1.71. The number of carbonyl (C=O) groups excluding carboxylic acids is 2. The zero-order valence-corrected chi connectivity index (χ0v) is 17.3. The van der Waals surface area contributed by atoms with Crippen LogP contribution in [-0.2, 0) is 9.47 Å². The number of esters is 2. The molecule has 1 aromatic carbocycles. The van der Waals surface area contributed by atoms with Crippen molar-refractivity contribution in [2.75, 3.05) is 0 Å². The molecule has 2 saturated carbocycles. The van der Waals surface area contributed by atoms with E-state index in [4.69, 9.17) is 9.47 Å². The van der Waals surface area contributed by atoms with Gasteiger partial charge in [0.1, 0.15) is 12.2 Å². The first-order chi connectivity index (χ1) is 13.6. The average molecular weight is 387 g/mol. The van der Waals surface area contributed by atoms with Crippen molar-refractivity contribution in [1.82, 2.24) is 0 Å². The lowest BCUT2D eigenvalue weighted by Crippen LogP contribution is -2.32. The van der Waals surface area contributed by atoms with Crippen LogP contribution in [0, 0.1) is 11.8 Å². The van der Waals surface area contributed by atoms with Crippen LogP contribution >= 0.6 is 0 Å². The number of ether oxygens (including phenoxy) is 2. The van der Waals surface area contributed by atoms with Gasteiger partial charge < -0.3 is 9.47 Å². The zero-order valence-electron chi connectivity index (χ0n) is 17.3. The summed E-state index contributed by atoms with van der Waals surface area (Å²) in [5, 5.41) is 0. The highest BCUT2D eigenvalue weighted by Gasteiger charge is 2.31. The molecule has 154 valence electrons. The smallest absolute Gasteiger partial charge is 0.339 e. The number of benzene rings is 1. The van der Waals surface area contributed by atoms with Crippen molar-refractivity contribution in [3.63, 3.8) is 0 Å². The van der Waals surface area contributed by atoms with E-state index >= 15 is 0 Å². The lowest BCUT2D eigenvalue weighted by atomic mass is 9.84. The molecule has 0 heterocycles. The molecule has 0 aromatic heterocycles. The minimum absolute atomic E-state index is 0.0434. The van der Waals surface area contributed by atoms with Crippen LogP contribution in [0.5, 0.6) is 0 Å². The van der Waals surface area contributed by atoms with E-state index in [2.05, 4.69) is 13.8 Å². The van der Waals surface area contributed by atoms with Crippen LogP contribution in [0.3, 0.4) is 0 Å². The van der Waals surface area contributed by atoms with E-state index in [1.54, 1.807) is 24.3 Å². The molecule has 4 unspecified atom stereocenters. The van der Waals surface area contributed by atoms with E-state index < -0.39 is 11.9 Å². The monoisotopic (exact) mass is 386 g/mol. The Labute approximate surface area is 169 Å². The maximum Gasteiger partial charge on any atom is 0.339 e. The lowest BCUT2D eigenvalue weighted by molar-refractivity contribution is -0.00348. The van der Waals surface area contributed by atoms with Crippen LogP contribution in [0.25, 0.3) is 0 Å². The van der Waals surface area contributed by atoms with E-state index in [1.165, 1.54) is 12.8 Å². The summed E-state index contributed by atoms with van der Waals surface area (Å²) < 4.78 is 11.7. The first-order valence-corrected chi connectivity index (χ1v) is 11.1. The number of hydrogen-bond acceptors (Lipinski definition) is 4. The highest BCUT2D eigenvalue weighted by atomic mass is 16.6. The van der Waals surface area contributed by atoms with Crippen molar-refractivity contribution >= 4 is 11.9 Å². The van der Waals surface area contributed by atoms with Gasteiger partial charge in [0.05, 0.1) is 11.1 Å². The fraction of sp³-hybridized carbons (Fsp3) is 0.667. The molecule has 4 atom stereocenters. The third kappa shape index (κ3) is 4.95. The minimum Gasteiger partial charge on any atom is -0.458 e. The van der Waals surface area contributed by atoms with Crippen LogP contribution in [0.1, 0.15) is 98.8 Å². The Bertz CT molecular complexity index is 611. The number of hydrogen-bond donors (Lipinski definition) is 0. The molecule has 3 rings (SSSR count). The van der Waals surface area contributed by atoms with Gasteiger partial charge in [-0.25, -0.2) is 9.59 Å². The maximum absolute atomic E-state index is 12.9. The van der Waals surface area contributed by atoms with E-state index in [9.17, 15) is 9.59 Å². The number of carbonyl (C=O) groups is 2. The van der Waals surface area contributed by atoms with E-state index in [1.807, 2.05) is 0 Å². The second-order valence-electron chi connectivity index (χ2n) is 8.34. The molecule has 0 radical (unpaired) electrons. The van der Waals surface area contributed by atoms with E-state index in [-0.39, 0.29) is 12.2 Å². The Hall–Kier alpha value is -1.84. The van der Waals surface area contributed by atoms with Gasteiger partial charge in [-0.2, -0.15) is 0 Å². The van der Waals surface area contributed by atoms with Gasteiger partial charge in [0, 0.05) is 0 Å². The third-order valence-corrected chi connectivity index (χ3v) is 6.61. The van der Waals surface area contributed by atoms with Crippen LogP contribution < -0.4 is 0 Å². The SMILES string of the molecule is CCC1CCCCC1OC(=O)c1ccccc1C(=O)OC1CCCCC1CC. The summed E-state index contributed by atoms with van der Waals surface area (Å²) in [5.74, 6) is 0.0518. The standard InChI is InChI=1S/C24H34O4/c1-3-17-11-5-9-15-21(17)27-23(25)19-13-7-8-14-20(19)24(26)28-22-16-10-6-12-18(22)4-2/h7-8,13-14,17-18,21-22H,3-6,9-12,15-16H2,1-2H3. The first kappa shape index (κ1) is 20.9. The summed E-state index contributed by atoms with van der Waals surface area (Å²) in [7, 11) is 0. The van der Waals surface area contributed by atoms with Gasteiger partial charge in [0.25, 0.3) is 0 Å². The van der Waals surface area contributed by atoms with Crippen molar-refractivity contribution < 1.29 is 19.1 Å². The second-order valence-corrected chi connectivity index (χ2v) is 8.34. The maximum atomic E-state index is 12.9. The van der Waals surface area contributed by atoms with Crippen molar-refractivity contribution in [3.05, 3.63) is 35.4 Å². The molecule has 0 aliphatic heterocycles. The van der Waals surface area contributed by atoms with Gasteiger partial charge in [-0.05, 0) is 75.3 Å². The third-order valence-electron chi connectivity index (χ3n) is 6.61. The Morgan fingerprint density at radius 1 is 0.750 bits per heavy atom. The van der Waals surface area contributed by atoms with Gasteiger partial charge in [-0.1, -0.05) is 38.8 Å². The molecule has 4 nitrogen and oxygen atoms in total. The van der Waals surface area contributed by atoms with Gasteiger partial charge in [-0.15, -0.1) is 0 Å². The summed E-state index contributed by atoms with van der Waals surface area (Å²) in [4.78, 5) is 25.8. The molecule has 2 aliphatic carbocycles. The summed E-state index contributed by atoms with van der Waals surface area (Å²) in [6.07, 6.45) is 10.6. The molecule has 0 N–H and O–H groups in total. The quantitative estimate of drug-likeness (QED) is 0.568. The Kier molecular flexibility index (Phi) is 7.52. The van der Waals surface area contributed by atoms with Gasteiger partial charge in [-0.3, -0.25) is 0 Å². The Morgan fingerprint density at radius 3 is 1.54 bits per heavy atom. The molecule has 4 heteroatoms. The molecule has 1 aromatic rings. The summed E-state index contributed by atoms with van der Waals surface area (Å²) in [6.45, 7) is 4.30. The molecule has 0 spiro atoms. The Morgan fingerprint density at radius 2 is 1.14 bits per heavy atom. The first-order valence-electron chi connectivity index (χ1n) is 11.1. The van der Waals surface area contributed by atoms with Crippen LogP contribution in [0.4, 0.5) is 0 Å². The van der Waals surface area contributed by atoms with Gasteiger partial charge >= 0.3 is 11.9 Å². The predicted octanol–water partition coefficient (Wildman–Crippen LogP) is 5.94. The molecule has 0 saturated heterocycles. The molecule has 0 amide bonds. The average Bonchev–Trinajstić information content (AvgIpc) is 2.74. The topological polar surface area (TPSA) is 52.6 Å². The highest BCUT2D eigenvalue weighted by molar-refractivity contribution is 6.03. The van der Waals surface area contributed by atoms with E-state index in [0.717, 1.165) is 51.4 Å². The molecule has 0 bridgehead atoms. The van der Waals surface area contributed by atoms with Crippen molar-refractivity contribution in [1.29, 1.82) is 0 Å². The second kappa shape index (κ2) is 10.1. The lowest BCUT2D eigenvalue weighted by Gasteiger charge is -2.31. The van der Waals surface area contributed by atoms with Gasteiger partial charge in [0.15, 0.2) is 0 Å². The zero-order chi connectivity index (χ0) is 19.9. The van der Waals surface area contributed by atoms with Gasteiger partial charge in [0.2, 0.25) is 0 Å². The summed E-state index contributed by atoms with van der Waals surface area (Å²) in [5.41, 5.74) is 0.661. The normalized spacial score (nSPS) is 27.8. The van der Waals surface area contributed by atoms with Crippen molar-refractivity contribution in [3.8, 4) is 0 Å². The van der Waals surface area contributed by atoms with Crippen LogP contribution in [0.15, 0.2) is 24.3 Å². The fourth-order valence-corrected chi connectivity index (χ4v) is 4.83. The highest BCUT2D eigenvalue weighted by Crippen LogP contribution is 2.31.